The zero-order valence-electron chi connectivity index (χ0n) is 17.2. The lowest BCUT2D eigenvalue weighted by Gasteiger charge is -2.16. The van der Waals surface area contributed by atoms with Gasteiger partial charge in [0.05, 0.1) is 32.3 Å². The van der Waals surface area contributed by atoms with Gasteiger partial charge in [0, 0.05) is 18.7 Å². The molecule has 0 aliphatic rings. The average Bonchev–Trinajstić information content (AvgIpc) is 3.22. The summed E-state index contributed by atoms with van der Waals surface area (Å²) < 4.78 is 47.9. The van der Waals surface area contributed by atoms with Gasteiger partial charge in [0.25, 0.3) is 0 Å². The van der Waals surface area contributed by atoms with E-state index in [1.807, 2.05) is 31.2 Å². The molecule has 0 spiro atoms. The summed E-state index contributed by atoms with van der Waals surface area (Å²) in [4.78, 5) is 4.36. The zero-order chi connectivity index (χ0) is 21.7. The molecule has 0 saturated heterocycles. The van der Waals surface area contributed by atoms with Crippen molar-refractivity contribution in [3.63, 3.8) is 0 Å². The van der Waals surface area contributed by atoms with E-state index >= 15 is 0 Å². The van der Waals surface area contributed by atoms with Gasteiger partial charge in [-0.05, 0) is 43.3 Å². The number of sulfonamides is 1. The van der Waals surface area contributed by atoms with Crippen molar-refractivity contribution in [2.75, 3.05) is 27.9 Å². The molecule has 160 valence electrons. The quantitative estimate of drug-likeness (QED) is 0.507. The van der Waals surface area contributed by atoms with Gasteiger partial charge in [-0.2, -0.15) is 9.29 Å². The Bertz CT molecular complexity index is 1100. The first-order chi connectivity index (χ1) is 14.4. The lowest BCUT2D eigenvalue weighted by Crippen LogP contribution is -2.26. The second kappa shape index (κ2) is 9.14. The van der Waals surface area contributed by atoms with Crippen LogP contribution in [0.5, 0.6) is 17.2 Å². The Balaban J connectivity index is 1.76. The van der Waals surface area contributed by atoms with Crippen LogP contribution in [-0.2, 0) is 16.6 Å². The summed E-state index contributed by atoms with van der Waals surface area (Å²) in [6.45, 7) is 2.40. The molecule has 0 atom stereocenters. The lowest BCUT2D eigenvalue weighted by molar-refractivity contribution is 0.336. The number of ether oxygens (including phenoxy) is 3. The van der Waals surface area contributed by atoms with Crippen molar-refractivity contribution in [1.29, 1.82) is 0 Å². The third-order valence-electron chi connectivity index (χ3n) is 4.31. The van der Waals surface area contributed by atoms with Gasteiger partial charge in [0.2, 0.25) is 21.7 Å². The summed E-state index contributed by atoms with van der Waals surface area (Å²) in [6, 6.07) is 11.6. The van der Waals surface area contributed by atoms with E-state index in [0.29, 0.717) is 23.9 Å². The zero-order valence-corrected chi connectivity index (χ0v) is 18.0. The van der Waals surface area contributed by atoms with Crippen molar-refractivity contribution in [1.82, 2.24) is 14.4 Å². The SMILES string of the molecule is CCOc1ccc(-c2noc(CN(C)S(=O)(=O)c3ccc(OC)c(OC)c3)n2)cc1. The normalized spacial score (nSPS) is 11.5. The predicted molar refractivity (Wildman–Crippen MR) is 109 cm³/mol. The van der Waals surface area contributed by atoms with E-state index in [1.54, 1.807) is 0 Å². The number of rotatable bonds is 9. The molecular weight excluding hydrogens is 410 g/mol. The summed E-state index contributed by atoms with van der Waals surface area (Å²) in [6.07, 6.45) is 0. The van der Waals surface area contributed by atoms with E-state index in [4.69, 9.17) is 18.7 Å². The minimum Gasteiger partial charge on any atom is -0.494 e. The van der Waals surface area contributed by atoms with Crippen LogP contribution in [-0.4, -0.2) is 50.7 Å². The first kappa shape index (κ1) is 21.6. The molecule has 3 aromatic rings. The van der Waals surface area contributed by atoms with E-state index in [2.05, 4.69) is 10.1 Å². The van der Waals surface area contributed by atoms with Crippen LogP contribution in [0.1, 0.15) is 12.8 Å². The highest BCUT2D eigenvalue weighted by molar-refractivity contribution is 7.89. The molecule has 10 heteroatoms. The fraction of sp³-hybridized carbons (Fsp3) is 0.300. The molecule has 0 amide bonds. The molecule has 9 nitrogen and oxygen atoms in total. The fourth-order valence-electron chi connectivity index (χ4n) is 2.74. The van der Waals surface area contributed by atoms with Gasteiger partial charge in [-0.1, -0.05) is 5.16 Å². The topological polar surface area (TPSA) is 104 Å². The minimum atomic E-state index is -3.81. The molecule has 1 heterocycles. The smallest absolute Gasteiger partial charge is 0.243 e. The molecule has 0 bridgehead atoms. The minimum absolute atomic E-state index is 0.0638. The molecule has 1 aromatic heterocycles. The highest BCUT2D eigenvalue weighted by Crippen LogP contribution is 2.30. The van der Waals surface area contributed by atoms with E-state index in [1.165, 1.54) is 39.5 Å². The molecule has 0 unspecified atom stereocenters. The van der Waals surface area contributed by atoms with E-state index in [0.717, 1.165) is 15.6 Å². The maximum absolute atomic E-state index is 12.9. The summed E-state index contributed by atoms with van der Waals surface area (Å²) in [5.41, 5.74) is 0.735. The van der Waals surface area contributed by atoms with Crippen LogP contribution in [0, 0.1) is 0 Å². The molecule has 30 heavy (non-hydrogen) atoms. The number of nitrogens with zero attached hydrogens (tertiary/aromatic N) is 3. The van der Waals surface area contributed by atoms with Crippen LogP contribution in [0.2, 0.25) is 0 Å². The molecular formula is C20H23N3O6S. The molecule has 0 aliphatic heterocycles. The Labute approximate surface area is 175 Å². The molecule has 0 radical (unpaired) electrons. The van der Waals surface area contributed by atoms with Gasteiger partial charge >= 0.3 is 0 Å². The second-order valence-corrected chi connectivity index (χ2v) is 8.29. The highest BCUT2D eigenvalue weighted by atomic mass is 32.2. The van der Waals surface area contributed by atoms with Crippen molar-refractivity contribution in [3.8, 4) is 28.6 Å². The summed E-state index contributed by atoms with van der Waals surface area (Å²) >= 11 is 0. The van der Waals surface area contributed by atoms with Gasteiger partial charge in [-0.3, -0.25) is 0 Å². The molecule has 0 saturated carbocycles. The maximum Gasteiger partial charge on any atom is 0.243 e. The lowest BCUT2D eigenvalue weighted by atomic mass is 10.2. The molecule has 2 aromatic carbocycles. The number of benzene rings is 2. The number of hydrogen-bond donors (Lipinski definition) is 0. The molecule has 0 N–H and O–H groups in total. The number of hydrogen-bond acceptors (Lipinski definition) is 8. The van der Waals surface area contributed by atoms with Crippen molar-refractivity contribution in [2.24, 2.45) is 0 Å². The fourth-order valence-corrected chi connectivity index (χ4v) is 3.87. The Morgan fingerprint density at radius 1 is 1.03 bits per heavy atom. The van der Waals surface area contributed by atoms with Gasteiger partial charge in [-0.15, -0.1) is 0 Å². The molecule has 0 aliphatic carbocycles. The van der Waals surface area contributed by atoms with Crippen molar-refractivity contribution >= 4 is 10.0 Å². The average molecular weight is 433 g/mol. The number of methoxy groups -OCH3 is 2. The second-order valence-electron chi connectivity index (χ2n) is 6.25. The first-order valence-corrected chi connectivity index (χ1v) is 10.6. The van der Waals surface area contributed by atoms with Crippen molar-refractivity contribution < 1.29 is 27.2 Å². The third-order valence-corrected chi connectivity index (χ3v) is 6.11. The predicted octanol–water partition coefficient (Wildman–Crippen LogP) is 2.97. The van der Waals surface area contributed by atoms with Gasteiger partial charge in [0.1, 0.15) is 5.75 Å². The Morgan fingerprint density at radius 3 is 2.37 bits per heavy atom. The Morgan fingerprint density at radius 2 is 1.73 bits per heavy atom. The standard InChI is InChI=1S/C20H23N3O6S/c1-5-28-15-8-6-14(7-9-15)20-21-19(29-22-20)13-23(2)30(24,25)16-10-11-17(26-3)18(12-16)27-4/h6-12H,5,13H2,1-4H3. The van der Waals surface area contributed by atoms with Crippen LogP contribution in [0.3, 0.4) is 0 Å². The van der Waals surface area contributed by atoms with Crippen molar-refractivity contribution in [2.45, 2.75) is 18.4 Å². The largest absolute Gasteiger partial charge is 0.494 e. The van der Waals surface area contributed by atoms with E-state index < -0.39 is 10.0 Å². The van der Waals surface area contributed by atoms with Crippen LogP contribution in [0.4, 0.5) is 0 Å². The van der Waals surface area contributed by atoms with Crippen molar-refractivity contribution in [3.05, 3.63) is 48.4 Å². The van der Waals surface area contributed by atoms with E-state index in [9.17, 15) is 8.42 Å². The summed E-state index contributed by atoms with van der Waals surface area (Å²) in [5, 5.41) is 3.94. The maximum atomic E-state index is 12.9. The Kier molecular flexibility index (Phi) is 6.58. The molecule has 3 rings (SSSR count). The number of aromatic nitrogens is 2. The molecule has 0 fully saturated rings. The third kappa shape index (κ3) is 4.55. The van der Waals surface area contributed by atoms with Crippen LogP contribution >= 0.6 is 0 Å². The highest BCUT2D eigenvalue weighted by Gasteiger charge is 2.24. The summed E-state index contributed by atoms with van der Waals surface area (Å²) in [5.74, 6) is 2.04. The van der Waals surface area contributed by atoms with Crippen LogP contribution in [0.15, 0.2) is 51.9 Å². The summed E-state index contributed by atoms with van der Waals surface area (Å²) in [7, 11) is 0.554. The first-order valence-electron chi connectivity index (χ1n) is 9.13. The van der Waals surface area contributed by atoms with Crippen LogP contribution in [0.25, 0.3) is 11.4 Å². The van der Waals surface area contributed by atoms with Gasteiger partial charge in [0.15, 0.2) is 11.5 Å². The van der Waals surface area contributed by atoms with Crippen LogP contribution < -0.4 is 14.2 Å². The Hall–Kier alpha value is -3.11. The monoisotopic (exact) mass is 433 g/mol. The van der Waals surface area contributed by atoms with Gasteiger partial charge < -0.3 is 18.7 Å². The van der Waals surface area contributed by atoms with E-state index in [-0.39, 0.29) is 17.3 Å². The van der Waals surface area contributed by atoms with Gasteiger partial charge in [-0.25, -0.2) is 8.42 Å².